The topological polar surface area (TPSA) is 52.7 Å². The molecular weight excluding hydrogens is 268 g/mol. The van der Waals surface area contributed by atoms with Gasteiger partial charge in [0.05, 0.1) is 18.1 Å². The Kier molecular flexibility index (Phi) is 3.48. The fraction of sp³-hybridized carbons (Fsp3) is 0.250. The Morgan fingerprint density at radius 2 is 1.81 bits per heavy atom. The molecule has 5 heteroatoms. The Morgan fingerprint density at radius 3 is 2.57 bits per heavy atom. The van der Waals surface area contributed by atoms with E-state index >= 15 is 0 Å². The smallest absolute Gasteiger partial charge is 0.305 e. The van der Waals surface area contributed by atoms with Crippen LogP contribution in [0.1, 0.15) is 12.8 Å². The molecule has 3 rings (SSSR count). The molecule has 0 saturated carbocycles. The summed E-state index contributed by atoms with van der Waals surface area (Å²) in [5.74, 6) is -0.254. The lowest BCUT2D eigenvalue weighted by Crippen LogP contribution is -2.23. The highest BCUT2D eigenvalue weighted by molar-refractivity contribution is 5.79. The Bertz CT molecular complexity index is 861. The number of rotatable bonds is 4. The number of ether oxygens (including phenoxy) is 1. The van der Waals surface area contributed by atoms with E-state index in [1.54, 1.807) is 4.57 Å². The third-order valence-corrected chi connectivity index (χ3v) is 3.64. The minimum absolute atomic E-state index is 0.0384. The second kappa shape index (κ2) is 5.44. The summed E-state index contributed by atoms with van der Waals surface area (Å²) in [6.45, 7) is 0.496. The second-order valence-electron chi connectivity index (χ2n) is 4.89. The summed E-state index contributed by atoms with van der Waals surface area (Å²) in [7, 11) is 1.37. The first-order valence-corrected chi connectivity index (χ1v) is 6.88. The molecule has 2 heterocycles. The lowest BCUT2D eigenvalue weighted by Gasteiger charge is -2.12. The fourth-order valence-corrected chi connectivity index (χ4v) is 2.61. The van der Waals surface area contributed by atoms with Crippen molar-refractivity contribution in [3.63, 3.8) is 0 Å². The third-order valence-electron chi connectivity index (χ3n) is 3.64. The van der Waals surface area contributed by atoms with Crippen molar-refractivity contribution in [2.24, 2.45) is 0 Å². The number of carbonyl (C=O) groups excluding carboxylic acids is 1. The van der Waals surface area contributed by atoms with Gasteiger partial charge < -0.3 is 13.7 Å². The quantitative estimate of drug-likeness (QED) is 0.690. The summed E-state index contributed by atoms with van der Waals surface area (Å²) >= 11 is 0. The van der Waals surface area contributed by atoms with E-state index in [9.17, 15) is 9.59 Å². The molecule has 3 aromatic rings. The van der Waals surface area contributed by atoms with E-state index in [1.807, 2.05) is 47.0 Å². The zero-order valence-corrected chi connectivity index (χ0v) is 11.8. The number of esters is 1. The van der Waals surface area contributed by atoms with Crippen LogP contribution < -0.4 is 5.56 Å². The van der Waals surface area contributed by atoms with Gasteiger partial charge in [-0.2, -0.15) is 0 Å². The second-order valence-corrected chi connectivity index (χ2v) is 4.89. The first kappa shape index (κ1) is 13.4. The van der Waals surface area contributed by atoms with Crippen molar-refractivity contribution in [3.8, 4) is 0 Å². The Balaban J connectivity index is 2.08. The van der Waals surface area contributed by atoms with Gasteiger partial charge in [-0.3, -0.25) is 9.59 Å². The maximum Gasteiger partial charge on any atom is 0.305 e. The third kappa shape index (κ3) is 2.31. The van der Waals surface area contributed by atoms with Gasteiger partial charge in [-0.15, -0.1) is 0 Å². The summed E-state index contributed by atoms with van der Waals surface area (Å²) in [5, 5.41) is 0. The molecule has 0 aliphatic carbocycles. The molecule has 0 aliphatic heterocycles. The maximum absolute atomic E-state index is 12.6. The number of hydrogen-bond donors (Lipinski definition) is 0. The fourth-order valence-electron chi connectivity index (χ4n) is 2.61. The number of carbonyl (C=O) groups is 1. The minimum atomic E-state index is -0.254. The largest absolute Gasteiger partial charge is 0.469 e. The highest BCUT2D eigenvalue weighted by atomic mass is 16.5. The summed E-state index contributed by atoms with van der Waals surface area (Å²) in [4.78, 5) is 23.8. The van der Waals surface area contributed by atoms with Crippen molar-refractivity contribution in [1.29, 1.82) is 0 Å². The molecular formula is C16H16N2O3. The molecule has 0 aliphatic rings. The average Bonchev–Trinajstić information content (AvgIpc) is 3.00. The van der Waals surface area contributed by atoms with Gasteiger partial charge in [-0.25, -0.2) is 0 Å². The zero-order valence-electron chi connectivity index (χ0n) is 11.8. The van der Waals surface area contributed by atoms with E-state index in [2.05, 4.69) is 4.74 Å². The molecule has 2 aromatic heterocycles. The SMILES string of the molecule is COC(=O)CCCn1c(=O)c2cccn2c2ccccc21. The van der Waals surface area contributed by atoms with Crippen molar-refractivity contribution in [3.05, 3.63) is 52.9 Å². The maximum atomic E-state index is 12.6. The molecule has 0 spiro atoms. The predicted molar refractivity (Wildman–Crippen MR) is 80.4 cm³/mol. The van der Waals surface area contributed by atoms with Gasteiger partial charge in [0.15, 0.2) is 0 Å². The van der Waals surface area contributed by atoms with Gasteiger partial charge in [-0.1, -0.05) is 12.1 Å². The number of methoxy groups -OCH3 is 1. The normalized spacial score (nSPS) is 11.1. The van der Waals surface area contributed by atoms with E-state index in [1.165, 1.54) is 7.11 Å². The number of fused-ring (bicyclic) bond motifs is 3. The predicted octanol–water partition coefficient (Wildman–Crippen LogP) is 2.21. The molecule has 5 nitrogen and oxygen atoms in total. The van der Waals surface area contributed by atoms with Crippen LogP contribution in [0.15, 0.2) is 47.4 Å². The molecule has 0 fully saturated rings. The summed E-state index contributed by atoms with van der Waals surface area (Å²) in [6, 6.07) is 11.4. The Labute approximate surface area is 121 Å². The van der Waals surface area contributed by atoms with Crippen LogP contribution in [0.5, 0.6) is 0 Å². The van der Waals surface area contributed by atoms with Crippen LogP contribution in [0, 0.1) is 0 Å². The minimum Gasteiger partial charge on any atom is -0.469 e. The van der Waals surface area contributed by atoms with Crippen LogP contribution in [0.2, 0.25) is 0 Å². The van der Waals surface area contributed by atoms with Crippen molar-refractivity contribution in [2.75, 3.05) is 7.11 Å². The zero-order chi connectivity index (χ0) is 14.8. The van der Waals surface area contributed by atoms with Gasteiger partial charge >= 0.3 is 5.97 Å². The molecule has 108 valence electrons. The number of aromatic nitrogens is 2. The Morgan fingerprint density at radius 1 is 1.10 bits per heavy atom. The number of nitrogens with zero attached hydrogens (tertiary/aromatic N) is 2. The first-order valence-electron chi connectivity index (χ1n) is 6.88. The van der Waals surface area contributed by atoms with Crippen LogP contribution >= 0.6 is 0 Å². The number of benzene rings is 1. The van der Waals surface area contributed by atoms with Gasteiger partial charge in [0, 0.05) is 19.2 Å². The standard InChI is InChI=1S/C16H16N2O3/c1-21-15(19)9-5-11-18-13-7-3-2-6-12(13)17-10-4-8-14(17)16(18)20/h2-4,6-8,10H,5,9,11H2,1H3. The molecule has 0 amide bonds. The molecule has 0 N–H and O–H groups in total. The summed E-state index contributed by atoms with van der Waals surface area (Å²) in [5.41, 5.74) is 2.46. The van der Waals surface area contributed by atoms with Crippen molar-refractivity contribution in [2.45, 2.75) is 19.4 Å². The van der Waals surface area contributed by atoms with Gasteiger partial charge in [0.2, 0.25) is 0 Å². The summed E-state index contributed by atoms with van der Waals surface area (Å²) < 4.78 is 8.26. The molecule has 0 bridgehead atoms. The molecule has 0 atom stereocenters. The van der Waals surface area contributed by atoms with Crippen molar-refractivity contribution >= 4 is 22.5 Å². The van der Waals surface area contributed by atoms with Gasteiger partial charge in [-0.05, 0) is 30.7 Å². The number of hydrogen-bond acceptors (Lipinski definition) is 3. The number of para-hydroxylation sites is 2. The molecule has 0 unspecified atom stereocenters. The highest BCUT2D eigenvalue weighted by Crippen LogP contribution is 2.15. The van der Waals surface area contributed by atoms with E-state index in [4.69, 9.17) is 0 Å². The summed E-state index contributed by atoms with van der Waals surface area (Å²) in [6.07, 6.45) is 2.77. The lowest BCUT2D eigenvalue weighted by molar-refractivity contribution is -0.140. The van der Waals surface area contributed by atoms with Crippen molar-refractivity contribution in [1.82, 2.24) is 8.97 Å². The average molecular weight is 284 g/mol. The molecule has 0 radical (unpaired) electrons. The van der Waals surface area contributed by atoms with Crippen LogP contribution in [0.25, 0.3) is 16.6 Å². The lowest BCUT2D eigenvalue weighted by atomic mass is 10.2. The molecule has 21 heavy (non-hydrogen) atoms. The van der Waals surface area contributed by atoms with Crippen LogP contribution in [-0.2, 0) is 16.1 Å². The van der Waals surface area contributed by atoms with Crippen LogP contribution in [0.3, 0.4) is 0 Å². The monoisotopic (exact) mass is 284 g/mol. The van der Waals surface area contributed by atoms with E-state index in [0.717, 1.165) is 11.0 Å². The van der Waals surface area contributed by atoms with E-state index in [-0.39, 0.29) is 11.5 Å². The Hall–Kier alpha value is -2.56. The van der Waals surface area contributed by atoms with Gasteiger partial charge in [0.1, 0.15) is 5.52 Å². The van der Waals surface area contributed by atoms with Gasteiger partial charge in [0.25, 0.3) is 5.56 Å². The van der Waals surface area contributed by atoms with Crippen LogP contribution in [-0.4, -0.2) is 22.0 Å². The van der Waals surface area contributed by atoms with Crippen LogP contribution in [0.4, 0.5) is 0 Å². The van der Waals surface area contributed by atoms with E-state index in [0.29, 0.717) is 24.9 Å². The highest BCUT2D eigenvalue weighted by Gasteiger charge is 2.10. The molecule has 0 saturated heterocycles. The number of aryl methyl sites for hydroxylation is 1. The van der Waals surface area contributed by atoms with Crippen molar-refractivity contribution < 1.29 is 9.53 Å². The molecule has 1 aromatic carbocycles. The first-order chi connectivity index (χ1) is 10.2. The van der Waals surface area contributed by atoms with E-state index < -0.39 is 0 Å².